The lowest BCUT2D eigenvalue weighted by atomic mass is 10.2. The number of amides is 1. The Labute approximate surface area is 165 Å². The molecule has 0 saturated heterocycles. The number of carbonyl (C=O) groups is 1. The average molecular weight is 403 g/mol. The maximum atomic E-state index is 12.4. The van der Waals surface area contributed by atoms with Crippen molar-refractivity contribution in [3.8, 4) is 17.2 Å². The van der Waals surface area contributed by atoms with Crippen LogP contribution < -0.4 is 19.5 Å². The third-order valence-corrected chi connectivity index (χ3v) is 3.96. The van der Waals surface area contributed by atoms with Crippen molar-refractivity contribution in [2.24, 2.45) is 0 Å². The summed E-state index contributed by atoms with van der Waals surface area (Å²) in [5.41, 5.74) is 1.51. The number of methoxy groups -OCH3 is 1. The molecule has 0 unspecified atom stereocenters. The fraction of sp³-hybridized carbons (Fsp3) is 0.200. The van der Waals surface area contributed by atoms with Crippen molar-refractivity contribution in [1.29, 1.82) is 0 Å². The van der Waals surface area contributed by atoms with Gasteiger partial charge in [-0.25, -0.2) is 4.68 Å². The monoisotopic (exact) mass is 403 g/mol. The van der Waals surface area contributed by atoms with Gasteiger partial charge >= 0.3 is 6.61 Å². The summed E-state index contributed by atoms with van der Waals surface area (Å²) < 4.78 is 41.3. The lowest BCUT2D eigenvalue weighted by Crippen LogP contribution is -2.14. The first kappa shape index (κ1) is 20.1. The number of anilines is 1. The Hall–Kier alpha value is -3.62. The summed E-state index contributed by atoms with van der Waals surface area (Å²) in [6.07, 6.45) is 1.62. The van der Waals surface area contributed by atoms with E-state index in [2.05, 4.69) is 15.2 Å². The zero-order valence-corrected chi connectivity index (χ0v) is 15.8. The van der Waals surface area contributed by atoms with E-state index in [4.69, 9.17) is 9.47 Å². The smallest absolute Gasteiger partial charge is 0.387 e. The summed E-state index contributed by atoms with van der Waals surface area (Å²) in [7, 11) is 1.31. The number of nitrogens with one attached hydrogen (secondary N) is 1. The number of ether oxygens (including phenoxy) is 3. The van der Waals surface area contributed by atoms with Gasteiger partial charge in [0.2, 0.25) is 0 Å². The molecule has 3 rings (SSSR count). The van der Waals surface area contributed by atoms with Gasteiger partial charge in [-0.1, -0.05) is 18.2 Å². The number of rotatable bonds is 8. The third kappa shape index (κ3) is 5.22. The maximum Gasteiger partial charge on any atom is 0.387 e. The number of hydrogen-bond acceptors (Lipinski definition) is 5. The average Bonchev–Trinajstić information content (AvgIpc) is 3.17. The van der Waals surface area contributed by atoms with Crippen LogP contribution >= 0.6 is 0 Å². The number of aromatic nitrogens is 2. The SMILES string of the molecule is COc1cc(NC(=O)c2ccn(COc3ccccc3C)n2)ccc1OC(F)F. The van der Waals surface area contributed by atoms with Gasteiger partial charge < -0.3 is 19.5 Å². The van der Waals surface area contributed by atoms with Crippen molar-refractivity contribution in [2.45, 2.75) is 20.3 Å². The molecule has 0 aliphatic rings. The number of alkyl halides is 2. The molecular formula is C20H19F2N3O4. The highest BCUT2D eigenvalue weighted by molar-refractivity contribution is 6.02. The van der Waals surface area contributed by atoms with Crippen LogP contribution in [0, 0.1) is 6.92 Å². The van der Waals surface area contributed by atoms with Gasteiger partial charge in [0, 0.05) is 18.0 Å². The highest BCUT2D eigenvalue weighted by Gasteiger charge is 2.14. The second-order valence-corrected chi connectivity index (χ2v) is 5.98. The van der Waals surface area contributed by atoms with Crippen LogP contribution in [-0.4, -0.2) is 29.4 Å². The Bertz CT molecular complexity index is 991. The van der Waals surface area contributed by atoms with Crippen LogP contribution in [0.15, 0.2) is 54.7 Å². The molecule has 29 heavy (non-hydrogen) atoms. The van der Waals surface area contributed by atoms with Crippen molar-refractivity contribution < 1.29 is 27.8 Å². The summed E-state index contributed by atoms with van der Waals surface area (Å²) in [4.78, 5) is 12.4. The Morgan fingerprint density at radius 3 is 2.66 bits per heavy atom. The predicted octanol–water partition coefficient (Wildman–Crippen LogP) is 4.09. The summed E-state index contributed by atoms with van der Waals surface area (Å²) in [5.74, 6) is 0.204. The van der Waals surface area contributed by atoms with E-state index in [1.807, 2.05) is 31.2 Å². The van der Waals surface area contributed by atoms with E-state index in [0.717, 1.165) is 11.3 Å². The fourth-order valence-corrected chi connectivity index (χ4v) is 2.54. The molecule has 3 aromatic rings. The number of para-hydroxylation sites is 1. The number of nitrogens with zero attached hydrogens (tertiary/aromatic N) is 2. The second kappa shape index (κ2) is 9.05. The van der Waals surface area contributed by atoms with Crippen LogP contribution in [-0.2, 0) is 6.73 Å². The molecule has 2 aromatic carbocycles. The van der Waals surface area contributed by atoms with Gasteiger partial charge in [-0.2, -0.15) is 13.9 Å². The normalized spacial score (nSPS) is 10.7. The molecular weight excluding hydrogens is 384 g/mol. The van der Waals surface area contributed by atoms with Gasteiger partial charge in [-0.05, 0) is 36.8 Å². The minimum atomic E-state index is -2.98. The molecule has 1 aromatic heterocycles. The van der Waals surface area contributed by atoms with Gasteiger partial charge in [-0.3, -0.25) is 4.79 Å². The Kier molecular flexibility index (Phi) is 6.28. The van der Waals surface area contributed by atoms with Crippen LogP contribution in [0.3, 0.4) is 0 Å². The maximum absolute atomic E-state index is 12.4. The van der Waals surface area contributed by atoms with E-state index in [9.17, 15) is 13.6 Å². The Morgan fingerprint density at radius 1 is 1.14 bits per heavy atom. The molecule has 0 bridgehead atoms. The fourth-order valence-electron chi connectivity index (χ4n) is 2.54. The number of benzene rings is 2. The minimum Gasteiger partial charge on any atom is -0.493 e. The van der Waals surface area contributed by atoms with Crippen molar-refractivity contribution >= 4 is 11.6 Å². The third-order valence-electron chi connectivity index (χ3n) is 3.96. The molecule has 7 nitrogen and oxygen atoms in total. The number of carbonyl (C=O) groups excluding carboxylic acids is 1. The Morgan fingerprint density at radius 2 is 1.93 bits per heavy atom. The molecule has 0 spiro atoms. The predicted molar refractivity (Wildman–Crippen MR) is 102 cm³/mol. The van der Waals surface area contributed by atoms with Gasteiger partial charge in [-0.15, -0.1) is 0 Å². The Balaban J connectivity index is 1.63. The van der Waals surface area contributed by atoms with E-state index in [1.54, 1.807) is 12.3 Å². The van der Waals surface area contributed by atoms with Crippen LogP contribution in [0.5, 0.6) is 17.2 Å². The molecule has 9 heteroatoms. The highest BCUT2D eigenvalue weighted by Crippen LogP contribution is 2.31. The van der Waals surface area contributed by atoms with Crippen molar-refractivity contribution in [1.82, 2.24) is 9.78 Å². The van der Waals surface area contributed by atoms with E-state index in [1.165, 1.54) is 30.0 Å². The van der Waals surface area contributed by atoms with E-state index in [0.29, 0.717) is 5.69 Å². The molecule has 0 aliphatic carbocycles. The van der Waals surface area contributed by atoms with Crippen LogP contribution in [0.25, 0.3) is 0 Å². The molecule has 0 radical (unpaired) electrons. The summed E-state index contributed by atoms with van der Waals surface area (Å²) in [5, 5.41) is 6.81. The largest absolute Gasteiger partial charge is 0.493 e. The molecule has 0 aliphatic heterocycles. The number of aryl methyl sites for hydroxylation is 1. The van der Waals surface area contributed by atoms with Crippen LogP contribution in [0.2, 0.25) is 0 Å². The van der Waals surface area contributed by atoms with E-state index in [-0.39, 0.29) is 23.9 Å². The van der Waals surface area contributed by atoms with Gasteiger partial charge in [0.1, 0.15) is 5.75 Å². The molecule has 1 N–H and O–H groups in total. The van der Waals surface area contributed by atoms with Crippen molar-refractivity contribution in [3.05, 3.63) is 66.0 Å². The first-order valence-corrected chi connectivity index (χ1v) is 8.62. The lowest BCUT2D eigenvalue weighted by molar-refractivity contribution is -0.0512. The van der Waals surface area contributed by atoms with Gasteiger partial charge in [0.15, 0.2) is 23.9 Å². The molecule has 1 amide bonds. The topological polar surface area (TPSA) is 74.6 Å². The van der Waals surface area contributed by atoms with Gasteiger partial charge in [0.05, 0.1) is 7.11 Å². The summed E-state index contributed by atoms with van der Waals surface area (Å²) in [6, 6.07) is 13.2. The van der Waals surface area contributed by atoms with Gasteiger partial charge in [0.25, 0.3) is 5.91 Å². The standard InChI is InChI=1S/C20H19F2N3O4/c1-13-5-3-4-6-16(13)28-12-25-10-9-15(24-25)19(26)23-14-7-8-17(29-20(21)22)18(11-14)27-2/h3-11,20H,12H2,1-2H3,(H,23,26). The second-order valence-electron chi connectivity index (χ2n) is 5.98. The number of hydrogen-bond donors (Lipinski definition) is 1. The van der Waals surface area contributed by atoms with E-state index >= 15 is 0 Å². The minimum absolute atomic E-state index is 0.0697. The van der Waals surface area contributed by atoms with Crippen LogP contribution in [0.1, 0.15) is 16.1 Å². The van der Waals surface area contributed by atoms with Crippen molar-refractivity contribution in [3.63, 3.8) is 0 Å². The quantitative estimate of drug-likeness (QED) is 0.613. The first-order chi connectivity index (χ1) is 14.0. The zero-order valence-electron chi connectivity index (χ0n) is 15.8. The zero-order chi connectivity index (χ0) is 20.8. The van der Waals surface area contributed by atoms with Crippen molar-refractivity contribution in [2.75, 3.05) is 12.4 Å². The highest BCUT2D eigenvalue weighted by atomic mass is 19.3. The molecule has 0 saturated carbocycles. The van der Waals surface area contributed by atoms with E-state index < -0.39 is 12.5 Å². The summed E-state index contributed by atoms with van der Waals surface area (Å²) >= 11 is 0. The molecule has 0 fully saturated rings. The molecule has 0 atom stereocenters. The summed E-state index contributed by atoms with van der Waals surface area (Å²) in [6.45, 7) is -0.898. The number of halogens is 2. The molecule has 152 valence electrons. The molecule has 1 heterocycles. The van der Waals surface area contributed by atoms with Crippen LogP contribution in [0.4, 0.5) is 14.5 Å². The first-order valence-electron chi connectivity index (χ1n) is 8.62. The lowest BCUT2D eigenvalue weighted by Gasteiger charge is -2.11.